The molecule has 0 saturated carbocycles. The number of likely N-dealkylation sites (tertiary alicyclic amines) is 1. The van der Waals surface area contributed by atoms with Crippen LogP contribution in [0.3, 0.4) is 0 Å². The maximum Gasteiger partial charge on any atom is 0.216 e. The number of hydrogen-bond donors (Lipinski definition) is 1. The van der Waals surface area contributed by atoms with Gasteiger partial charge in [-0.15, -0.1) is 0 Å². The highest BCUT2D eigenvalue weighted by Crippen LogP contribution is 2.43. The number of amides is 1. The molecule has 0 spiro atoms. The van der Waals surface area contributed by atoms with E-state index in [9.17, 15) is 4.79 Å². The molecular formula is C37H43N3O. The molecule has 0 aliphatic carbocycles. The van der Waals surface area contributed by atoms with Crippen molar-refractivity contribution in [3.05, 3.63) is 136 Å². The Labute approximate surface area is 245 Å². The summed E-state index contributed by atoms with van der Waals surface area (Å²) in [4.78, 5) is 19.1. The molecule has 1 saturated heterocycles. The van der Waals surface area contributed by atoms with Gasteiger partial charge in [0.05, 0.1) is 0 Å². The molecule has 1 fully saturated rings. The first kappa shape index (κ1) is 28.8. The number of aryl methyl sites for hydroxylation is 3. The molecule has 212 valence electrons. The molecule has 41 heavy (non-hydrogen) atoms. The largest absolute Gasteiger partial charge is 0.355 e. The number of rotatable bonds is 9. The summed E-state index contributed by atoms with van der Waals surface area (Å²) >= 11 is 0. The standard InChI is InChI=1S/C37H43N3O/c1-28-7-13-32(14-8-28)36(27-39-31(4)41)19-23-40(24-20-36)25-21-37(35-6-5-22-38-26-35,33-15-9-29(2)10-16-33)34-17-11-30(3)12-18-34/h5-18,22,26H,19-21,23-25,27H2,1-4H3,(H,39,41). The van der Waals surface area contributed by atoms with Crippen LogP contribution in [-0.2, 0) is 15.6 Å². The van der Waals surface area contributed by atoms with Gasteiger partial charge >= 0.3 is 0 Å². The Morgan fingerprint density at radius 1 is 0.805 bits per heavy atom. The van der Waals surface area contributed by atoms with Crippen molar-refractivity contribution < 1.29 is 4.79 Å². The highest BCUT2D eigenvalue weighted by atomic mass is 16.1. The van der Waals surface area contributed by atoms with Crippen LogP contribution >= 0.6 is 0 Å². The van der Waals surface area contributed by atoms with E-state index in [2.05, 4.69) is 121 Å². The fraction of sp³-hybridized carbons (Fsp3) is 0.351. The summed E-state index contributed by atoms with van der Waals surface area (Å²) in [5, 5.41) is 3.15. The van der Waals surface area contributed by atoms with Gasteiger partial charge < -0.3 is 10.2 Å². The Morgan fingerprint density at radius 3 is 1.83 bits per heavy atom. The molecule has 0 bridgehead atoms. The minimum absolute atomic E-state index is 0.0375. The zero-order valence-corrected chi connectivity index (χ0v) is 25.0. The molecule has 1 amide bonds. The van der Waals surface area contributed by atoms with Crippen LogP contribution in [0.15, 0.2) is 97.3 Å². The summed E-state index contributed by atoms with van der Waals surface area (Å²) in [6.45, 7) is 11.7. The smallest absolute Gasteiger partial charge is 0.216 e. The van der Waals surface area contributed by atoms with E-state index in [-0.39, 0.29) is 16.7 Å². The van der Waals surface area contributed by atoms with Gasteiger partial charge in [-0.3, -0.25) is 9.78 Å². The monoisotopic (exact) mass is 545 g/mol. The Kier molecular flexibility index (Phi) is 8.70. The number of hydrogen-bond acceptors (Lipinski definition) is 3. The van der Waals surface area contributed by atoms with Gasteiger partial charge in [0.1, 0.15) is 0 Å². The minimum atomic E-state index is -0.308. The lowest BCUT2D eigenvalue weighted by molar-refractivity contribution is -0.119. The number of piperidine rings is 1. The van der Waals surface area contributed by atoms with E-state index in [1.807, 2.05) is 12.4 Å². The fourth-order valence-electron chi connectivity index (χ4n) is 6.52. The van der Waals surface area contributed by atoms with Crippen molar-refractivity contribution in [2.24, 2.45) is 0 Å². The van der Waals surface area contributed by atoms with E-state index >= 15 is 0 Å². The molecule has 1 aromatic heterocycles. The normalized spacial score (nSPS) is 15.4. The second-order valence-electron chi connectivity index (χ2n) is 12.0. The molecule has 4 nitrogen and oxygen atoms in total. The lowest BCUT2D eigenvalue weighted by Crippen LogP contribution is -2.49. The number of nitrogens with one attached hydrogen (secondary N) is 1. The van der Waals surface area contributed by atoms with E-state index in [0.717, 1.165) is 38.9 Å². The lowest BCUT2D eigenvalue weighted by atomic mass is 9.67. The highest BCUT2D eigenvalue weighted by molar-refractivity contribution is 5.73. The van der Waals surface area contributed by atoms with Crippen LogP contribution < -0.4 is 5.32 Å². The predicted octanol–water partition coefficient (Wildman–Crippen LogP) is 6.90. The quantitative estimate of drug-likeness (QED) is 0.249. The van der Waals surface area contributed by atoms with Crippen LogP contribution in [-0.4, -0.2) is 42.0 Å². The van der Waals surface area contributed by atoms with Crippen molar-refractivity contribution in [2.75, 3.05) is 26.2 Å². The molecule has 3 aromatic carbocycles. The summed E-state index contributed by atoms with van der Waals surface area (Å²) in [7, 11) is 0. The van der Waals surface area contributed by atoms with Gasteiger partial charge in [-0.05, 0) is 88.0 Å². The fourth-order valence-corrected chi connectivity index (χ4v) is 6.52. The molecular weight excluding hydrogens is 502 g/mol. The highest BCUT2D eigenvalue weighted by Gasteiger charge is 2.40. The van der Waals surface area contributed by atoms with Gasteiger partial charge in [-0.1, -0.05) is 95.6 Å². The second-order valence-corrected chi connectivity index (χ2v) is 12.0. The van der Waals surface area contributed by atoms with Crippen molar-refractivity contribution in [1.82, 2.24) is 15.2 Å². The maximum atomic E-state index is 11.9. The van der Waals surface area contributed by atoms with Crippen LogP contribution in [0.4, 0.5) is 0 Å². The van der Waals surface area contributed by atoms with Crippen LogP contribution in [0.2, 0.25) is 0 Å². The van der Waals surface area contributed by atoms with Crippen molar-refractivity contribution in [2.45, 2.75) is 57.8 Å². The molecule has 0 unspecified atom stereocenters. The zero-order valence-electron chi connectivity index (χ0n) is 25.0. The average molecular weight is 546 g/mol. The van der Waals surface area contributed by atoms with E-state index in [1.54, 1.807) is 6.92 Å². The average Bonchev–Trinajstić information content (AvgIpc) is 2.99. The van der Waals surface area contributed by atoms with Gasteiger partial charge in [-0.25, -0.2) is 0 Å². The summed E-state index contributed by atoms with van der Waals surface area (Å²) in [5.41, 5.74) is 8.61. The first-order valence-electron chi connectivity index (χ1n) is 14.9. The Morgan fingerprint density at radius 2 is 1.34 bits per heavy atom. The number of benzene rings is 3. The lowest BCUT2D eigenvalue weighted by Gasteiger charge is -2.44. The summed E-state index contributed by atoms with van der Waals surface area (Å²) in [6.07, 6.45) is 6.90. The maximum absolute atomic E-state index is 11.9. The Hall–Kier alpha value is -3.76. The van der Waals surface area contributed by atoms with Crippen LogP contribution in [0.5, 0.6) is 0 Å². The zero-order chi connectivity index (χ0) is 28.9. The minimum Gasteiger partial charge on any atom is -0.355 e. The first-order chi connectivity index (χ1) is 19.8. The molecule has 4 aromatic rings. The molecule has 0 atom stereocenters. The van der Waals surface area contributed by atoms with Crippen molar-refractivity contribution >= 4 is 5.91 Å². The number of carbonyl (C=O) groups excluding carboxylic acids is 1. The van der Waals surface area contributed by atoms with E-state index in [1.165, 1.54) is 38.9 Å². The third kappa shape index (κ3) is 6.28. The van der Waals surface area contributed by atoms with Gasteiger partial charge in [0, 0.05) is 36.7 Å². The van der Waals surface area contributed by atoms with Crippen LogP contribution in [0, 0.1) is 20.8 Å². The third-order valence-corrected chi connectivity index (χ3v) is 9.20. The van der Waals surface area contributed by atoms with Gasteiger partial charge in [0.15, 0.2) is 0 Å². The summed E-state index contributed by atoms with van der Waals surface area (Å²) in [6, 6.07) is 31.3. The molecule has 1 aliphatic heterocycles. The molecule has 0 radical (unpaired) electrons. The number of pyridine rings is 1. The first-order valence-corrected chi connectivity index (χ1v) is 14.9. The molecule has 2 heterocycles. The van der Waals surface area contributed by atoms with Crippen molar-refractivity contribution in [1.29, 1.82) is 0 Å². The van der Waals surface area contributed by atoms with Crippen molar-refractivity contribution in [3.63, 3.8) is 0 Å². The number of carbonyl (C=O) groups is 1. The summed E-state index contributed by atoms with van der Waals surface area (Å²) in [5.74, 6) is 0.0383. The molecule has 5 rings (SSSR count). The molecule has 1 N–H and O–H groups in total. The SMILES string of the molecule is CC(=O)NCC1(c2ccc(C)cc2)CCN(CCC(c2ccc(C)cc2)(c2ccc(C)cc2)c2cccnc2)CC1. The van der Waals surface area contributed by atoms with Gasteiger partial charge in [0.2, 0.25) is 5.91 Å². The summed E-state index contributed by atoms with van der Waals surface area (Å²) < 4.78 is 0. The van der Waals surface area contributed by atoms with E-state index in [0.29, 0.717) is 6.54 Å². The van der Waals surface area contributed by atoms with Gasteiger partial charge in [-0.2, -0.15) is 0 Å². The van der Waals surface area contributed by atoms with Gasteiger partial charge in [0.25, 0.3) is 0 Å². The number of aromatic nitrogens is 1. The molecule has 4 heteroatoms. The third-order valence-electron chi connectivity index (χ3n) is 9.20. The number of nitrogens with zero attached hydrogens (tertiary/aromatic N) is 2. The molecule has 1 aliphatic rings. The van der Waals surface area contributed by atoms with Crippen LogP contribution in [0.25, 0.3) is 0 Å². The Balaban J connectivity index is 1.45. The Bertz CT molecular complexity index is 1370. The second kappa shape index (κ2) is 12.4. The van der Waals surface area contributed by atoms with E-state index in [4.69, 9.17) is 0 Å². The van der Waals surface area contributed by atoms with E-state index < -0.39 is 0 Å². The van der Waals surface area contributed by atoms with Crippen LogP contribution in [0.1, 0.15) is 65.1 Å². The predicted molar refractivity (Wildman–Crippen MR) is 168 cm³/mol. The topological polar surface area (TPSA) is 45.2 Å². The van der Waals surface area contributed by atoms with Crippen molar-refractivity contribution in [3.8, 4) is 0 Å².